The maximum atomic E-state index is 12.5. The predicted molar refractivity (Wildman–Crippen MR) is 100 cm³/mol. The van der Waals surface area contributed by atoms with Crippen LogP contribution in [0.1, 0.15) is 33.6 Å². The monoisotopic (exact) mass is 407 g/mol. The molecule has 0 spiro atoms. The van der Waals surface area contributed by atoms with Gasteiger partial charge in [0.05, 0.1) is 10.5 Å². The lowest BCUT2D eigenvalue weighted by Crippen LogP contribution is -2.27. The molecule has 0 aromatic heterocycles. The molecule has 0 aliphatic carbocycles. The molecule has 0 radical (unpaired) electrons. The van der Waals surface area contributed by atoms with Crippen LogP contribution in [0, 0.1) is 0 Å². The molecule has 1 aliphatic heterocycles. The van der Waals surface area contributed by atoms with Crippen LogP contribution >= 0.6 is 11.6 Å². The van der Waals surface area contributed by atoms with Crippen molar-refractivity contribution < 1.29 is 22.7 Å². The molecule has 0 N–H and O–H groups in total. The van der Waals surface area contributed by atoms with E-state index < -0.39 is 28.4 Å². The summed E-state index contributed by atoms with van der Waals surface area (Å²) >= 11 is 5.76. The maximum Gasteiger partial charge on any atom is 0.338 e. The Morgan fingerprint density at radius 2 is 1.48 bits per heavy atom. The van der Waals surface area contributed by atoms with Crippen molar-refractivity contribution in [3.05, 3.63) is 64.7 Å². The van der Waals surface area contributed by atoms with Gasteiger partial charge >= 0.3 is 5.97 Å². The molecule has 0 unspecified atom stereocenters. The summed E-state index contributed by atoms with van der Waals surface area (Å²) in [5.74, 6) is -1.05. The maximum absolute atomic E-state index is 12.5. The van der Waals surface area contributed by atoms with Crippen molar-refractivity contribution in [3.8, 4) is 0 Å². The van der Waals surface area contributed by atoms with Gasteiger partial charge in [-0.25, -0.2) is 13.2 Å². The summed E-state index contributed by atoms with van der Waals surface area (Å²) in [5, 5.41) is 0.492. The zero-order valence-corrected chi connectivity index (χ0v) is 16.0. The number of ether oxygens (including phenoxy) is 1. The number of hydrogen-bond donors (Lipinski definition) is 0. The minimum atomic E-state index is -3.52. The number of ketones is 1. The van der Waals surface area contributed by atoms with Crippen LogP contribution in [0.3, 0.4) is 0 Å². The summed E-state index contributed by atoms with van der Waals surface area (Å²) < 4.78 is 31.4. The smallest absolute Gasteiger partial charge is 0.338 e. The van der Waals surface area contributed by atoms with E-state index in [1.54, 1.807) is 12.1 Å². The minimum Gasteiger partial charge on any atom is -0.454 e. The van der Waals surface area contributed by atoms with Crippen molar-refractivity contribution in [2.45, 2.75) is 17.7 Å². The molecule has 0 amide bonds. The van der Waals surface area contributed by atoms with Crippen LogP contribution in [0.15, 0.2) is 53.4 Å². The first-order valence-corrected chi connectivity index (χ1v) is 10.3. The van der Waals surface area contributed by atoms with E-state index in [0.717, 1.165) is 12.8 Å². The number of benzene rings is 2. The van der Waals surface area contributed by atoms with E-state index in [1.165, 1.54) is 40.7 Å². The van der Waals surface area contributed by atoms with E-state index in [1.807, 2.05) is 0 Å². The van der Waals surface area contributed by atoms with Gasteiger partial charge in [0.25, 0.3) is 0 Å². The van der Waals surface area contributed by atoms with Crippen LogP contribution in [-0.2, 0) is 14.8 Å². The van der Waals surface area contributed by atoms with Crippen molar-refractivity contribution in [3.63, 3.8) is 0 Å². The number of rotatable bonds is 6. The van der Waals surface area contributed by atoms with Gasteiger partial charge in [0.1, 0.15) is 0 Å². The number of Topliss-reactive ketones (excluding diaryl/α,β-unsaturated/α-hetero) is 1. The van der Waals surface area contributed by atoms with Crippen LogP contribution in [0.4, 0.5) is 0 Å². The number of nitrogens with zero attached hydrogens (tertiary/aromatic N) is 1. The van der Waals surface area contributed by atoms with E-state index in [2.05, 4.69) is 0 Å². The average Bonchev–Trinajstić information content (AvgIpc) is 3.22. The van der Waals surface area contributed by atoms with Crippen molar-refractivity contribution >= 4 is 33.4 Å². The lowest BCUT2D eigenvalue weighted by Gasteiger charge is -2.15. The zero-order valence-electron chi connectivity index (χ0n) is 14.4. The fourth-order valence-corrected chi connectivity index (χ4v) is 4.42. The van der Waals surface area contributed by atoms with Gasteiger partial charge in [-0.05, 0) is 61.4 Å². The van der Waals surface area contributed by atoms with E-state index in [9.17, 15) is 18.0 Å². The highest BCUT2D eigenvalue weighted by molar-refractivity contribution is 7.89. The van der Waals surface area contributed by atoms with Gasteiger partial charge in [0.15, 0.2) is 12.4 Å². The van der Waals surface area contributed by atoms with Crippen LogP contribution in [-0.4, -0.2) is 44.2 Å². The van der Waals surface area contributed by atoms with Crippen LogP contribution in [0.5, 0.6) is 0 Å². The van der Waals surface area contributed by atoms with E-state index in [4.69, 9.17) is 16.3 Å². The molecule has 0 saturated carbocycles. The Kier molecular flexibility index (Phi) is 5.94. The van der Waals surface area contributed by atoms with Crippen LogP contribution < -0.4 is 0 Å². The highest BCUT2D eigenvalue weighted by Crippen LogP contribution is 2.21. The molecule has 8 heteroatoms. The minimum absolute atomic E-state index is 0.152. The first-order chi connectivity index (χ1) is 12.9. The molecule has 0 bridgehead atoms. The number of carbonyl (C=O) groups excluding carboxylic acids is 2. The second-order valence-corrected chi connectivity index (χ2v) is 8.52. The van der Waals surface area contributed by atoms with Gasteiger partial charge < -0.3 is 4.74 Å². The van der Waals surface area contributed by atoms with Crippen molar-refractivity contribution in [1.29, 1.82) is 0 Å². The number of halogens is 1. The molecule has 0 atom stereocenters. The quantitative estimate of drug-likeness (QED) is 0.542. The van der Waals surface area contributed by atoms with Crippen LogP contribution in [0.2, 0.25) is 5.02 Å². The predicted octanol–water partition coefficient (Wildman–Crippen LogP) is 3.16. The van der Waals surface area contributed by atoms with Crippen LogP contribution in [0.25, 0.3) is 0 Å². The third-order valence-corrected chi connectivity index (χ3v) is 6.46. The Morgan fingerprint density at radius 1 is 0.926 bits per heavy atom. The van der Waals surface area contributed by atoms with Crippen molar-refractivity contribution in [1.82, 2.24) is 4.31 Å². The lowest BCUT2D eigenvalue weighted by molar-refractivity contribution is 0.0475. The Hall–Kier alpha value is -2.22. The normalized spacial score (nSPS) is 14.9. The molecule has 1 aliphatic rings. The summed E-state index contributed by atoms with van der Waals surface area (Å²) in [7, 11) is -3.52. The summed E-state index contributed by atoms with van der Waals surface area (Å²) in [4.78, 5) is 24.3. The van der Waals surface area contributed by atoms with E-state index >= 15 is 0 Å². The van der Waals surface area contributed by atoms with E-state index in [-0.39, 0.29) is 10.5 Å². The number of sulfonamides is 1. The van der Waals surface area contributed by atoms with Crippen molar-refractivity contribution in [2.75, 3.05) is 19.7 Å². The number of hydrogen-bond acceptors (Lipinski definition) is 5. The number of carbonyl (C=O) groups is 2. The Morgan fingerprint density at radius 3 is 2.07 bits per heavy atom. The van der Waals surface area contributed by atoms with Gasteiger partial charge in [-0.3, -0.25) is 4.79 Å². The summed E-state index contributed by atoms with van der Waals surface area (Å²) in [6.07, 6.45) is 1.71. The molecule has 27 heavy (non-hydrogen) atoms. The molecule has 1 saturated heterocycles. The molecule has 142 valence electrons. The Bertz CT molecular complexity index is 933. The van der Waals surface area contributed by atoms with E-state index in [0.29, 0.717) is 23.7 Å². The van der Waals surface area contributed by atoms with Gasteiger partial charge in [-0.1, -0.05) is 11.6 Å². The second-order valence-electron chi connectivity index (χ2n) is 6.14. The summed E-state index contributed by atoms with van der Waals surface area (Å²) in [6.45, 7) is 0.604. The molecule has 2 aromatic carbocycles. The third kappa shape index (κ3) is 4.55. The highest BCUT2D eigenvalue weighted by Gasteiger charge is 2.27. The lowest BCUT2D eigenvalue weighted by atomic mass is 10.1. The summed E-state index contributed by atoms with van der Waals surface area (Å²) in [6, 6.07) is 11.8. The fourth-order valence-electron chi connectivity index (χ4n) is 2.77. The SMILES string of the molecule is O=C(COC(=O)c1ccc(Cl)cc1)c1ccc(S(=O)(=O)N2CCCC2)cc1. The first-order valence-electron chi connectivity index (χ1n) is 8.44. The highest BCUT2D eigenvalue weighted by atomic mass is 35.5. The van der Waals surface area contributed by atoms with Gasteiger partial charge in [-0.2, -0.15) is 4.31 Å². The molecule has 3 rings (SSSR count). The molecule has 6 nitrogen and oxygen atoms in total. The van der Waals surface area contributed by atoms with Gasteiger partial charge in [0.2, 0.25) is 10.0 Å². The van der Waals surface area contributed by atoms with Gasteiger partial charge in [0, 0.05) is 23.7 Å². The largest absolute Gasteiger partial charge is 0.454 e. The molecule has 2 aromatic rings. The molecular formula is C19H18ClNO5S. The van der Waals surface area contributed by atoms with Crippen molar-refractivity contribution in [2.24, 2.45) is 0 Å². The fraction of sp³-hybridized carbons (Fsp3) is 0.263. The molecule has 1 heterocycles. The molecule has 1 fully saturated rings. The topological polar surface area (TPSA) is 80.8 Å². The van der Waals surface area contributed by atoms with Gasteiger partial charge in [-0.15, -0.1) is 0 Å². The average molecular weight is 408 g/mol. The first kappa shape index (κ1) is 19.5. The zero-order chi connectivity index (χ0) is 19.4. The standard InChI is InChI=1S/C19H18ClNO5S/c20-16-7-3-15(4-8-16)19(23)26-13-18(22)14-5-9-17(10-6-14)27(24,25)21-11-1-2-12-21/h3-10H,1-2,11-13H2. The number of esters is 1. The summed E-state index contributed by atoms with van der Waals surface area (Å²) in [5.41, 5.74) is 0.568. The third-order valence-electron chi connectivity index (χ3n) is 4.29. The molecular weight excluding hydrogens is 390 g/mol. The Balaban J connectivity index is 1.62. The second kappa shape index (κ2) is 8.21. The Labute approximate surface area is 162 Å².